The number of nitrogens with zero attached hydrogens (tertiary/aromatic N) is 3. The molecule has 3 atom stereocenters. The van der Waals surface area contributed by atoms with Crippen LogP contribution in [0.2, 0.25) is 0 Å². The average molecular weight is 237 g/mol. The van der Waals surface area contributed by atoms with E-state index in [1.54, 1.807) is 12.7 Å². The predicted octanol–water partition coefficient (Wildman–Crippen LogP) is -0.0359. The van der Waals surface area contributed by atoms with Crippen LogP contribution in [0.3, 0.4) is 0 Å². The second-order valence-corrected chi connectivity index (χ2v) is 4.23. The maximum Gasteiger partial charge on any atom is 0.145 e. The predicted molar refractivity (Wildman–Crippen MR) is 61.5 cm³/mol. The smallest absolute Gasteiger partial charge is 0.145 e. The molecule has 0 aliphatic carbocycles. The number of nitrogens with two attached hydrogens (primary N) is 1. The van der Waals surface area contributed by atoms with E-state index in [1.165, 1.54) is 0 Å². The van der Waals surface area contributed by atoms with Crippen LogP contribution in [0.1, 0.15) is 30.9 Å². The highest BCUT2D eigenvalue weighted by atomic mass is 16.5. The van der Waals surface area contributed by atoms with Gasteiger partial charge < -0.3 is 20.9 Å². The van der Waals surface area contributed by atoms with E-state index in [2.05, 4.69) is 15.3 Å². The Hall–Kier alpha value is -1.44. The van der Waals surface area contributed by atoms with Crippen LogP contribution in [-0.2, 0) is 4.74 Å². The fraction of sp³-hybridized carbons (Fsp3) is 0.600. The van der Waals surface area contributed by atoms with Gasteiger partial charge in [-0.3, -0.25) is 9.56 Å². The first-order valence-electron chi connectivity index (χ1n) is 5.66. The molecular formula is C10H15N5O2. The number of aliphatic imine (C=N–C) groups is 1. The minimum atomic E-state index is -0.414. The molecule has 0 radical (unpaired) electrons. The fourth-order valence-electron chi connectivity index (χ4n) is 2.23. The second-order valence-electron chi connectivity index (χ2n) is 4.23. The van der Waals surface area contributed by atoms with Crippen LogP contribution in [0, 0.1) is 0 Å². The fourth-order valence-corrected chi connectivity index (χ4v) is 2.23. The van der Waals surface area contributed by atoms with E-state index in [0.717, 1.165) is 24.4 Å². The summed E-state index contributed by atoms with van der Waals surface area (Å²) in [6.07, 6.45) is 4.41. The standard InChI is InChI=1S/C10H15N5O2/c11-9-8-10(13-4-12-9)15(5-14-8)7-2-1-6(3-16)17-7/h4-7,9,16H,1-3,11H2,(H,12,13)/t6-,7+,9?/m0/s1. The van der Waals surface area contributed by atoms with Crippen LogP contribution in [0.25, 0.3) is 0 Å². The van der Waals surface area contributed by atoms with Gasteiger partial charge in [-0.25, -0.2) is 4.98 Å². The first-order chi connectivity index (χ1) is 8.29. The van der Waals surface area contributed by atoms with Crippen LogP contribution >= 0.6 is 0 Å². The number of aliphatic hydroxyl groups excluding tert-OH is 1. The molecule has 0 spiro atoms. The minimum absolute atomic E-state index is 0.0573. The molecule has 3 heterocycles. The maximum absolute atomic E-state index is 9.06. The zero-order valence-electron chi connectivity index (χ0n) is 9.28. The Morgan fingerprint density at radius 1 is 1.59 bits per heavy atom. The Bertz CT molecular complexity index is 444. The zero-order chi connectivity index (χ0) is 11.8. The highest BCUT2D eigenvalue weighted by molar-refractivity contribution is 5.77. The Labute approximate surface area is 98.3 Å². The van der Waals surface area contributed by atoms with Gasteiger partial charge in [-0.15, -0.1) is 0 Å². The first-order valence-corrected chi connectivity index (χ1v) is 5.66. The monoisotopic (exact) mass is 237 g/mol. The number of fused-ring (bicyclic) bond motifs is 1. The van der Waals surface area contributed by atoms with Gasteiger partial charge in [-0.05, 0) is 12.8 Å². The van der Waals surface area contributed by atoms with Crippen molar-refractivity contribution in [3.8, 4) is 0 Å². The molecule has 0 aromatic carbocycles. The number of hydrogen-bond acceptors (Lipinski definition) is 6. The van der Waals surface area contributed by atoms with Crippen LogP contribution in [0.5, 0.6) is 0 Å². The SMILES string of the molecule is NC1N=CNc2c1ncn2[C@H]1CC[C@@H](CO)O1. The summed E-state index contributed by atoms with van der Waals surface area (Å²) in [6, 6.07) is 0. The normalized spacial score (nSPS) is 31.3. The number of imidazole rings is 1. The number of aromatic nitrogens is 2. The molecule has 17 heavy (non-hydrogen) atoms. The van der Waals surface area contributed by atoms with E-state index in [-0.39, 0.29) is 18.9 Å². The number of hydrogen-bond donors (Lipinski definition) is 3. The summed E-state index contributed by atoms with van der Waals surface area (Å²) in [4.78, 5) is 8.28. The molecule has 2 aliphatic rings. The number of ether oxygens (including phenoxy) is 1. The lowest BCUT2D eigenvalue weighted by molar-refractivity contribution is -0.0214. The molecule has 1 unspecified atom stereocenters. The Kier molecular flexibility index (Phi) is 2.58. The van der Waals surface area contributed by atoms with Gasteiger partial charge in [-0.1, -0.05) is 0 Å². The van der Waals surface area contributed by atoms with Crippen LogP contribution in [-0.4, -0.2) is 33.7 Å². The van der Waals surface area contributed by atoms with Gasteiger partial charge in [0.25, 0.3) is 0 Å². The molecule has 1 aromatic heterocycles. The lowest BCUT2D eigenvalue weighted by Crippen LogP contribution is -2.20. The van der Waals surface area contributed by atoms with Gasteiger partial charge in [0.15, 0.2) is 0 Å². The summed E-state index contributed by atoms with van der Waals surface area (Å²) in [5.41, 5.74) is 6.54. The molecule has 1 aromatic rings. The molecule has 3 rings (SSSR count). The van der Waals surface area contributed by atoms with E-state index in [4.69, 9.17) is 15.6 Å². The van der Waals surface area contributed by atoms with Gasteiger partial charge in [-0.2, -0.15) is 0 Å². The zero-order valence-corrected chi connectivity index (χ0v) is 9.28. The highest BCUT2D eigenvalue weighted by Crippen LogP contribution is 2.33. The molecule has 0 saturated carbocycles. The molecule has 7 nitrogen and oxygen atoms in total. The topological polar surface area (TPSA) is 97.7 Å². The molecular weight excluding hydrogens is 222 g/mol. The molecule has 1 fully saturated rings. The third kappa shape index (κ3) is 1.72. The third-order valence-corrected chi connectivity index (χ3v) is 3.14. The van der Waals surface area contributed by atoms with Gasteiger partial charge in [0, 0.05) is 0 Å². The number of nitrogens with one attached hydrogen (secondary N) is 1. The summed E-state index contributed by atoms with van der Waals surface area (Å²) in [6.45, 7) is 0.0573. The van der Waals surface area contributed by atoms with E-state index in [9.17, 15) is 0 Å². The van der Waals surface area contributed by atoms with Crippen molar-refractivity contribution in [2.45, 2.75) is 31.3 Å². The summed E-state index contributed by atoms with van der Waals surface area (Å²) < 4.78 is 7.62. The third-order valence-electron chi connectivity index (χ3n) is 3.14. The van der Waals surface area contributed by atoms with E-state index < -0.39 is 6.17 Å². The molecule has 1 saturated heterocycles. The van der Waals surface area contributed by atoms with Gasteiger partial charge in [0.2, 0.25) is 0 Å². The van der Waals surface area contributed by atoms with Gasteiger partial charge >= 0.3 is 0 Å². The lowest BCUT2D eigenvalue weighted by Gasteiger charge is -2.19. The van der Waals surface area contributed by atoms with Crippen molar-refractivity contribution in [3.63, 3.8) is 0 Å². The summed E-state index contributed by atoms with van der Waals surface area (Å²) >= 11 is 0. The molecule has 0 amide bonds. The Morgan fingerprint density at radius 2 is 2.47 bits per heavy atom. The van der Waals surface area contributed by atoms with Crippen molar-refractivity contribution in [1.82, 2.24) is 9.55 Å². The van der Waals surface area contributed by atoms with E-state index in [0.29, 0.717) is 0 Å². The largest absolute Gasteiger partial charge is 0.394 e. The van der Waals surface area contributed by atoms with Crippen molar-refractivity contribution >= 4 is 12.2 Å². The first kappa shape index (κ1) is 10.7. The Balaban J connectivity index is 1.86. The highest BCUT2D eigenvalue weighted by Gasteiger charge is 2.29. The molecule has 4 N–H and O–H groups in total. The van der Waals surface area contributed by atoms with Gasteiger partial charge in [0.1, 0.15) is 23.9 Å². The van der Waals surface area contributed by atoms with Gasteiger partial charge in [0.05, 0.1) is 25.4 Å². The lowest BCUT2D eigenvalue weighted by atomic mass is 10.2. The van der Waals surface area contributed by atoms with Crippen molar-refractivity contribution in [1.29, 1.82) is 0 Å². The molecule has 2 aliphatic heterocycles. The molecule has 0 bridgehead atoms. The summed E-state index contributed by atoms with van der Waals surface area (Å²) in [5.74, 6) is 0.830. The molecule has 92 valence electrons. The quantitative estimate of drug-likeness (QED) is 0.670. The minimum Gasteiger partial charge on any atom is -0.394 e. The van der Waals surface area contributed by atoms with Crippen molar-refractivity contribution in [2.24, 2.45) is 10.7 Å². The summed E-state index contributed by atoms with van der Waals surface area (Å²) in [5, 5.41) is 12.1. The summed E-state index contributed by atoms with van der Waals surface area (Å²) in [7, 11) is 0. The van der Waals surface area contributed by atoms with Crippen LogP contribution < -0.4 is 11.1 Å². The van der Waals surface area contributed by atoms with Crippen molar-refractivity contribution in [3.05, 3.63) is 12.0 Å². The number of anilines is 1. The van der Waals surface area contributed by atoms with E-state index >= 15 is 0 Å². The second kappa shape index (κ2) is 4.10. The van der Waals surface area contributed by atoms with Crippen molar-refractivity contribution < 1.29 is 9.84 Å². The van der Waals surface area contributed by atoms with E-state index in [1.807, 2.05) is 4.57 Å². The van der Waals surface area contributed by atoms with Crippen LogP contribution in [0.4, 0.5) is 5.82 Å². The van der Waals surface area contributed by atoms with Crippen LogP contribution in [0.15, 0.2) is 11.3 Å². The van der Waals surface area contributed by atoms with Crippen molar-refractivity contribution in [2.75, 3.05) is 11.9 Å². The number of rotatable bonds is 2. The number of aliphatic hydroxyl groups is 1. The maximum atomic E-state index is 9.06. The Morgan fingerprint density at radius 3 is 3.24 bits per heavy atom. The molecule has 7 heteroatoms. The average Bonchev–Trinajstić information content (AvgIpc) is 2.94.